The lowest BCUT2D eigenvalue weighted by Gasteiger charge is -2.22. The summed E-state index contributed by atoms with van der Waals surface area (Å²) in [6, 6.07) is 5.41. The van der Waals surface area contributed by atoms with Gasteiger partial charge < -0.3 is 15.8 Å². The molecule has 0 aliphatic carbocycles. The van der Waals surface area contributed by atoms with Gasteiger partial charge >= 0.3 is 0 Å². The standard InChI is InChI=1S/C14H19BrN2O2/c15-12-6-4-10(9-13(12)16)17-14(18)7-5-11-3-1-2-8-19-11/h4,6,9,11H,1-3,5,7-8,16H2,(H,17,18). The van der Waals surface area contributed by atoms with Gasteiger partial charge in [0.1, 0.15) is 0 Å². The Labute approximate surface area is 121 Å². The number of nitrogens with two attached hydrogens (primary N) is 1. The average Bonchev–Trinajstić information content (AvgIpc) is 2.42. The molecule has 0 aromatic heterocycles. The molecule has 5 heteroatoms. The Bertz CT molecular complexity index is 445. The molecule has 1 atom stereocenters. The van der Waals surface area contributed by atoms with Crippen LogP contribution in [0.3, 0.4) is 0 Å². The summed E-state index contributed by atoms with van der Waals surface area (Å²) in [5, 5.41) is 2.85. The van der Waals surface area contributed by atoms with E-state index in [1.807, 2.05) is 12.1 Å². The van der Waals surface area contributed by atoms with Crippen LogP contribution in [-0.4, -0.2) is 18.6 Å². The van der Waals surface area contributed by atoms with Crippen LogP contribution in [0.4, 0.5) is 11.4 Å². The first-order valence-corrected chi connectivity index (χ1v) is 7.41. The lowest BCUT2D eigenvalue weighted by atomic mass is 10.0. The molecule has 1 amide bonds. The first-order valence-electron chi connectivity index (χ1n) is 6.61. The fourth-order valence-corrected chi connectivity index (χ4v) is 2.42. The lowest BCUT2D eigenvalue weighted by Crippen LogP contribution is -2.21. The number of nitrogens with one attached hydrogen (secondary N) is 1. The summed E-state index contributed by atoms with van der Waals surface area (Å²) in [5.74, 6) is 0.0101. The Morgan fingerprint density at radius 3 is 3.00 bits per heavy atom. The lowest BCUT2D eigenvalue weighted by molar-refractivity contribution is -0.117. The number of carbonyl (C=O) groups is 1. The molecule has 1 aromatic rings. The van der Waals surface area contributed by atoms with E-state index in [1.165, 1.54) is 6.42 Å². The topological polar surface area (TPSA) is 64.3 Å². The van der Waals surface area contributed by atoms with Crippen molar-refractivity contribution in [1.29, 1.82) is 0 Å². The van der Waals surface area contributed by atoms with Crippen molar-refractivity contribution in [3.8, 4) is 0 Å². The number of carbonyl (C=O) groups excluding carboxylic acids is 1. The molecule has 0 bridgehead atoms. The maximum atomic E-state index is 11.8. The third kappa shape index (κ3) is 4.51. The van der Waals surface area contributed by atoms with E-state index in [1.54, 1.807) is 6.07 Å². The van der Waals surface area contributed by atoms with Crippen LogP contribution in [0.15, 0.2) is 22.7 Å². The summed E-state index contributed by atoms with van der Waals surface area (Å²) in [5.41, 5.74) is 7.12. The summed E-state index contributed by atoms with van der Waals surface area (Å²) in [6.07, 6.45) is 4.93. The van der Waals surface area contributed by atoms with Gasteiger partial charge in [0.25, 0.3) is 0 Å². The number of anilines is 2. The van der Waals surface area contributed by atoms with Crippen molar-refractivity contribution in [3.05, 3.63) is 22.7 Å². The Morgan fingerprint density at radius 1 is 1.47 bits per heavy atom. The van der Waals surface area contributed by atoms with Gasteiger partial charge in [0, 0.05) is 28.9 Å². The van der Waals surface area contributed by atoms with E-state index >= 15 is 0 Å². The van der Waals surface area contributed by atoms with Gasteiger partial charge in [-0.05, 0) is 59.8 Å². The molecule has 4 nitrogen and oxygen atoms in total. The van der Waals surface area contributed by atoms with Gasteiger partial charge in [-0.2, -0.15) is 0 Å². The summed E-state index contributed by atoms with van der Waals surface area (Å²) >= 11 is 3.32. The second-order valence-corrected chi connectivity index (χ2v) is 5.67. The number of hydrogen-bond acceptors (Lipinski definition) is 3. The molecule has 0 radical (unpaired) electrons. The number of rotatable bonds is 4. The van der Waals surface area contributed by atoms with Gasteiger partial charge in [0.15, 0.2) is 0 Å². The van der Waals surface area contributed by atoms with Crippen LogP contribution in [-0.2, 0) is 9.53 Å². The molecule has 1 unspecified atom stereocenters. The number of benzene rings is 1. The van der Waals surface area contributed by atoms with Crippen LogP contribution in [0, 0.1) is 0 Å². The van der Waals surface area contributed by atoms with Crippen molar-refractivity contribution < 1.29 is 9.53 Å². The molecule has 1 aromatic carbocycles. The van der Waals surface area contributed by atoms with Gasteiger partial charge in [-0.3, -0.25) is 4.79 Å². The molecule has 104 valence electrons. The molecular formula is C14H19BrN2O2. The summed E-state index contributed by atoms with van der Waals surface area (Å²) < 4.78 is 6.44. The van der Waals surface area contributed by atoms with Gasteiger partial charge in [-0.1, -0.05) is 0 Å². The average molecular weight is 327 g/mol. The SMILES string of the molecule is Nc1cc(NC(=O)CCC2CCCCO2)ccc1Br. The second kappa shape index (κ2) is 6.91. The highest BCUT2D eigenvalue weighted by atomic mass is 79.9. The molecule has 1 aliphatic rings. The normalized spacial score (nSPS) is 19.1. The number of hydrogen-bond donors (Lipinski definition) is 2. The first-order chi connectivity index (χ1) is 9.15. The zero-order chi connectivity index (χ0) is 13.7. The van der Waals surface area contributed by atoms with Crippen molar-refractivity contribution in [3.63, 3.8) is 0 Å². The fraction of sp³-hybridized carbons (Fsp3) is 0.500. The van der Waals surface area contributed by atoms with Crippen molar-refractivity contribution in [2.75, 3.05) is 17.7 Å². The molecule has 1 heterocycles. The third-order valence-electron chi connectivity index (χ3n) is 3.25. The third-order valence-corrected chi connectivity index (χ3v) is 3.97. The number of halogens is 1. The Kier molecular flexibility index (Phi) is 5.22. The minimum Gasteiger partial charge on any atom is -0.398 e. The van der Waals surface area contributed by atoms with E-state index in [-0.39, 0.29) is 12.0 Å². The molecule has 3 N–H and O–H groups in total. The highest BCUT2D eigenvalue weighted by molar-refractivity contribution is 9.10. The van der Waals surface area contributed by atoms with Gasteiger partial charge in [0.05, 0.1) is 6.10 Å². The molecule has 1 fully saturated rings. The largest absolute Gasteiger partial charge is 0.398 e. The van der Waals surface area contributed by atoms with Crippen LogP contribution < -0.4 is 11.1 Å². The smallest absolute Gasteiger partial charge is 0.224 e. The van der Waals surface area contributed by atoms with E-state index < -0.39 is 0 Å². The quantitative estimate of drug-likeness (QED) is 0.834. The second-order valence-electron chi connectivity index (χ2n) is 4.81. The molecule has 1 saturated heterocycles. The van der Waals surface area contributed by atoms with Crippen molar-refractivity contribution >= 4 is 33.2 Å². The van der Waals surface area contributed by atoms with Gasteiger partial charge in [-0.15, -0.1) is 0 Å². The maximum absolute atomic E-state index is 11.8. The maximum Gasteiger partial charge on any atom is 0.224 e. The number of amides is 1. The number of ether oxygens (including phenoxy) is 1. The predicted octanol–water partition coefficient (Wildman–Crippen LogP) is 3.32. The van der Waals surface area contributed by atoms with Crippen LogP contribution in [0.2, 0.25) is 0 Å². The van der Waals surface area contributed by atoms with E-state index in [0.29, 0.717) is 12.1 Å². The van der Waals surface area contributed by atoms with Crippen molar-refractivity contribution in [2.24, 2.45) is 0 Å². The van der Waals surface area contributed by atoms with Gasteiger partial charge in [0.2, 0.25) is 5.91 Å². The van der Waals surface area contributed by atoms with E-state index in [9.17, 15) is 4.79 Å². The zero-order valence-corrected chi connectivity index (χ0v) is 12.4. The molecule has 1 aliphatic heterocycles. The Hall–Kier alpha value is -1.07. The van der Waals surface area contributed by atoms with Crippen LogP contribution >= 0.6 is 15.9 Å². The van der Waals surface area contributed by atoms with E-state index in [0.717, 1.165) is 36.0 Å². The fourth-order valence-electron chi connectivity index (χ4n) is 2.17. The number of nitrogen functional groups attached to an aromatic ring is 1. The highest BCUT2D eigenvalue weighted by Gasteiger charge is 2.15. The van der Waals surface area contributed by atoms with E-state index in [4.69, 9.17) is 10.5 Å². The van der Waals surface area contributed by atoms with Crippen molar-refractivity contribution in [1.82, 2.24) is 0 Å². The Balaban J connectivity index is 1.78. The van der Waals surface area contributed by atoms with Gasteiger partial charge in [-0.25, -0.2) is 0 Å². The van der Waals surface area contributed by atoms with E-state index in [2.05, 4.69) is 21.2 Å². The molecule has 19 heavy (non-hydrogen) atoms. The van der Waals surface area contributed by atoms with Crippen LogP contribution in [0.5, 0.6) is 0 Å². The summed E-state index contributed by atoms with van der Waals surface area (Å²) in [6.45, 7) is 0.829. The monoisotopic (exact) mass is 326 g/mol. The first kappa shape index (κ1) is 14.3. The molecule has 2 rings (SSSR count). The van der Waals surface area contributed by atoms with Crippen molar-refractivity contribution in [2.45, 2.75) is 38.2 Å². The predicted molar refractivity (Wildman–Crippen MR) is 80.0 cm³/mol. The molecule has 0 spiro atoms. The van der Waals surface area contributed by atoms with Crippen LogP contribution in [0.1, 0.15) is 32.1 Å². The molecular weight excluding hydrogens is 308 g/mol. The summed E-state index contributed by atoms with van der Waals surface area (Å²) in [7, 11) is 0. The molecule has 0 saturated carbocycles. The minimum absolute atomic E-state index is 0.0101. The highest BCUT2D eigenvalue weighted by Crippen LogP contribution is 2.23. The van der Waals surface area contributed by atoms with Crippen LogP contribution in [0.25, 0.3) is 0 Å². The summed E-state index contributed by atoms with van der Waals surface area (Å²) in [4.78, 5) is 11.8. The zero-order valence-electron chi connectivity index (χ0n) is 10.8. The Morgan fingerprint density at radius 2 is 2.32 bits per heavy atom. The minimum atomic E-state index is 0.0101.